The highest BCUT2D eigenvalue weighted by atomic mass is 16.6. The Balaban J connectivity index is 2.05. The molecule has 0 unspecified atom stereocenters. The summed E-state index contributed by atoms with van der Waals surface area (Å²) < 4.78 is 16.0. The molecular weight excluding hydrogens is 372 g/mol. The molecule has 158 valence electrons. The highest BCUT2D eigenvalue weighted by Crippen LogP contribution is 2.43. The Kier molecular flexibility index (Phi) is 5.89. The Morgan fingerprint density at radius 3 is 2.55 bits per heavy atom. The summed E-state index contributed by atoms with van der Waals surface area (Å²) in [5.74, 6) is -0.402. The molecule has 1 saturated heterocycles. The Morgan fingerprint density at radius 1 is 1.28 bits per heavy atom. The van der Waals surface area contributed by atoms with Crippen molar-refractivity contribution in [2.45, 2.75) is 39.7 Å². The van der Waals surface area contributed by atoms with E-state index in [9.17, 15) is 9.59 Å². The van der Waals surface area contributed by atoms with Gasteiger partial charge < -0.3 is 19.5 Å². The van der Waals surface area contributed by atoms with Crippen molar-refractivity contribution in [3.8, 4) is 0 Å². The van der Waals surface area contributed by atoms with Crippen molar-refractivity contribution in [1.29, 1.82) is 0 Å². The Hall–Kier alpha value is -2.54. The van der Waals surface area contributed by atoms with E-state index in [0.29, 0.717) is 31.9 Å². The minimum Gasteiger partial charge on any atom is -0.465 e. The lowest BCUT2D eigenvalue weighted by molar-refractivity contribution is -0.0917. The van der Waals surface area contributed by atoms with Gasteiger partial charge in [0.05, 0.1) is 31.6 Å². The van der Waals surface area contributed by atoms with E-state index in [-0.39, 0.29) is 11.5 Å². The van der Waals surface area contributed by atoms with Gasteiger partial charge in [-0.05, 0) is 58.4 Å². The minimum absolute atomic E-state index is 0.0572. The number of anilines is 1. The van der Waals surface area contributed by atoms with E-state index in [1.165, 1.54) is 7.11 Å². The van der Waals surface area contributed by atoms with Crippen molar-refractivity contribution in [3.63, 3.8) is 0 Å². The average Bonchev–Trinajstić information content (AvgIpc) is 2.64. The van der Waals surface area contributed by atoms with Crippen LogP contribution in [0.5, 0.6) is 0 Å². The van der Waals surface area contributed by atoms with E-state index >= 15 is 0 Å². The van der Waals surface area contributed by atoms with Crippen LogP contribution in [-0.2, 0) is 14.2 Å². The molecule has 1 N–H and O–H groups in total. The fraction of sp³-hybridized carbons (Fsp3) is 0.545. The van der Waals surface area contributed by atoms with Crippen molar-refractivity contribution in [2.24, 2.45) is 5.41 Å². The molecule has 3 rings (SSSR count). The summed E-state index contributed by atoms with van der Waals surface area (Å²) in [6.45, 7) is 10.1. The first-order chi connectivity index (χ1) is 13.7. The first-order valence-corrected chi connectivity index (χ1v) is 9.96. The molecule has 7 heteroatoms. The number of benzene rings is 1. The van der Waals surface area contributed by atoms with E-state index in [1.807, 2.05) is 33.8 Å². The van der Waals surface area contributed by atoms with Gasteiger partial charge in [-0.15, -0.1) is 0 Å². The maximum atomic E-state index is 12.9. The molecule has 0 aromatic heterocycles. The quantitative estimate of drug-likeness (QED) is 0.770. The lowest BCUT2D eigenvalue weighted by Crippen LogP contribution is -2.49. The fourth-order valence-corrected chi connectivity index (χ4v) is 3.57. The van der Waals surface area contributed by atoms with Crippen LogP contribution in [0.25, 0.3) is 5.70 Å². The second-order valence-corrected chi connectivity index (χ2v) is 8.55. The molecule has 0 radical (unpaired) electrons. The van der Waals surface area contributed by atoms with Gasteiger partial charge in [0.1, 0.15) is 5.60 Å². The molecule has 2 heterocycles. The molecule has 2 aliphatic rings. The Labute approximate surface area is 172 Å². The summed E-state index contributed by atoms with van der Waals surface area (Å²) in [7, 11) is 1.36. The summed E-state index contributed by atoms with van der Waals surface area (Å²) >= 11 is 0. The molecule has 0 bridgehead atoms. The largest absolute Gasteiger partial charge is 0.465 e. The van der Waals surface area contributed by atoms with Crippen LogP contribution in [0, 0.1) is 5.41 Å². The van der Waals surface area contributed by atoms with Gasteiger partial charge >= 0.3 is 12.1 Å². The summed E-state index contributed by atoms with van der Waals surface area (Å²) in [4.78, 5) is 26.6. The van der Waals surface area contributed by atoms with Crippen molar-refractivity contribution in [1.82, 2.24) is 4.90 Å². The molecule has 1 aromatic rings. The number of carbonyl (C=O) groups is 2. The third-order valence-corrected chi connectivity index (χ3v) is 5.04. The van der Waals surface area contributed by atoms with E-state index < -0.39 is 11.6 Å². The Bertz CT molecular complexity index is 821. The zero-order valence-corrected chi connectivity index (χ0v) is 17.8. The maximum Gasteiger partial charge on any atom is 0.414 e. The molecule has 1 fully saturated rings. The fourth-order valence-electron chi connectivity index (χ4n) is 3.57. The first kappa shape index (κ1) is 21.2. The third-order valence-electron chi connectivity index (χ3n) is 5.04. The second-order valence-electron chi connectivity index (χ2n) is 8.55. The number of amides is 1. The first-order valence-electron chi connectivity index (χ1n) is 9.96. The summed E-state index contributed by atoms with van der Waals surface area (Å²) in [6, 6.07) is 5.33. The molecular formula is C22H30N2O5. The lowest BCUT2D eigenvalue weighted by Gasteiger charge is -2.45. The number of carbonyl (C=O) groups excluding carboxylic acids is 2. The van der Waals surface area contributed by atoms with E-state index in [1.54, 1.807) is 17.0 Å². The van der Waals surface area contributed by atoms with Gasteiger partial charge in [0.2, 0.25) is 0 Å². The molecule has 1 spiro atoms. The molecule has 0 aliphatic carbocycles. The highest BCUT2D eigenvalue weighted by Gasteiger charge is 2.43. The van der Waals surface area contributed by atoms with Crippen LogP contribution in [0.2, 0.25) is 0 Å². The number of methoxy groups -OCH3 is 1. The van der Waals surface area contributed by atoms with Gasteiger partial charge in [0, 0.05) is 29.8 Å². The standard InChI is InChI=1S/C22H30N2O5/c1-6-23-17-11-15(19(25)27-5)7-8-16(17)18-12-22(13-28-14-22)9-10-24(18)20(26)29-21(2,3)4/h7-8,11-12,23H,6,9-10,13-14H2,1-5H3. The van der Waals surface area contributed by atoms with Crippen LogP contribution >= 0.6 is 0 Å². The maximum absolute atomic E-state index is 12.9. The SMILES string of the molecule is CCNc1cc(C(=O)OC)ccc1C1=CC2(CCN1C(=O)OC(C)(C)C)COC2. The van der Waals surface area contributed by atoms with Crippen LogP contribution in [0.1, 0.15) is 50.0 Å². The number of nitrogens with one attached hydrogen (secondary N) is 1. The number of ether oxygens (including phenoxy) is 3. The van der Waals surface area contributed by atoms with Crippen molar-refractivity contribution >= 4 is 23.4 Å². The number of hydrogen-bond donors (Lipinski definition) is 1. The van der Waals surface area contributed by atoms with Crippen molar-refractivity contribution in [3.05, 3.63) is 35.4 Å². The van der Waals surface area contributed by atoms with E-state index in [0.717, 1.165) is 23.4 Å². The molecule has 0 saturated carbocycles. The van der Waals surface area contributed by atoms with Gasteiger partial charge in [-0.1, -0.05) is 0 Å². The van der Waals surface area contributed by atoms with Crippen LogP contribution in [0.4, 0.5) is 10.5 Å². The molecule has 1 amide bonds. The lowest BCUT2D eigenvalue weighted by atomic mass is 9.78. The predicted octanol–water partition coefficient (Wildman–Crippen LogP) is 3.90. The minimum atomic E-state index is -0.587. The van der Waals surface area contributed by atoms with Crippen LogP contribution in [-0.4, -0.2) is 56.0 Å². The van der Waals surface area contributed by atoms with Crippen LogP contribution in [0.15, 0.2) is 24.3 Å². The molecule has 2 aliphatic heterocycles. The van der Waals surface area contributed by atoms with Gasteiger partial charge in [0.15, 0.2) is 0 Å². The summed E-state index contributed by atoms with van der Waals surface area (Å²) in [5, 5.41) is 3.31. The number of hydrogen-bond acceptors (Lipinski definition) is 6. The number of esters is 1. The monoisotopic (exact) mass is 402 g/mol. The summed E-state index contributed by atoms with van der Waals surface area (Å²) in [6.07, 6.45) is 2.57. The topological polar surface area (TPSA) is 77.1 Å². The van der Waals surface area contributed by atoms with Crippen molar-refractivity contribution < 1.29 is 23.8 Å². The van der Waals surface area contributed by atoms with Crippen LogP contribution < -0.4 is 5.32 Å². The average molecular weight is 402 g/mol. The zero-order chi connectivity index (χ0) is 21.2. The normalized spacial score (nSPS) is 18.0. The molecule has 29 heavy (non-hydrogen) atoms. The zero-order valence-electron chi connectivity index (χ0n) is 17.8. The molecule has 7 nitrogen and oxygen atoms in total. The van der Waals surface area contributed by atoms with Gasteiger partial charge in [-0.25, -0.2) is 9.59 Å². The highest BCUT2D eigenvalue weighted by molar-refractivity contribution is 5.93. The van der Waals surface area contributed by atoms with Crippen molar-refractivity contribution in [2.75, 3.05) is 38.7 Å². The molecule has 1 aromatic carbocycles. The van der Waals surface area contributed by atoms with Gasteiger partial charge in [-0.3, -0.25) is 4.90 Å². The van der Waals surface area contributed by atoms with Gasteiger partial charge in [-0.2, -0.15) is 0 Å². The number of rotatable bonds is 4. The van der Waals surface area contributed by atoms with E-state index in [2.05, 4.69) is 11.4 Å². The van der Waals surface area contributed by atoms with Gasteiger partial charge in [0.25, 0.3) is 0 Å². The van der Waals surface area contributed by atoms with E-state index in [4.69, 9.17) is 14.2 Å². The number of nitrogens with zero attached hydrogens (tertiary/aromatic N) is 1. The second kappa shape index (κ2) is 8.06. The third kappa shape index (κ3) is 4.56. The van der Waals surface area contributed by atoms with Crippen LogP contribution in [0.3, 0.4) is 0 Å². The molecule has 0 atom stereocenters. The smallest absolute Gasteiger partial charge is 0.414 e. The predicted molar refractivity (Wildman–Crippen MR) is 111 cm³/mol. The summed E-state index contributed by atoms with van der Waals surface area (Å²) in [5.41, 5.74) is 2.20. The Morgan fingerprint density at radius 2 is 2.00 bits per heavy atom.